The van der Waals surface area contributed by atoms with Crippen LogP contribution in [-0.4, -0.2) is 85.8 Å². The van der Waals surface area contributed by atoms with Gasteiger partial charge in [-0.25, -0.2) is 48.0 Å². The van der Waals surface area contributed by atoms with Crippen molar-refractivity contribution in [3.8, 4) is 34.0 Å². The standard InChI is InChI=1S/C27H25FN8O2.C27H26FN7O3/c1-3-19(24-33-18-6-4-5-17(28)20(18)27(38)35(24)16-11-12-16)36-25-21(23(29)31-13-32-25)22(34-36)14-7-9-15(10-8-14)26(37)30-2;1-4-18(25-32-17-7-5-6-16(28)21(17)27(36)34(25)15-9-10-15)35-26-22(24(29)30-13-31-26)23(33-35)14-8-11-19(37-2)20(12-14)38-3/h4-10,13,16,19H,3,11-12H2,1-2H3,(H,30,37)(H2,29,31,32);5-8,11-13,15,18H,4,9-10H2,1-3H3,(H2,29,30,31). The summed E-state index contributed by atoms with van der Waals surface area (Å²) in [6, 6.07) is 20.4. The molecule has 386 valence electrons. The molecular weight excluding hydrogens is 977 g/mol. The summed E-state index contributed by atoms with van der Waals surface area (Å²) < 4.78 is 47.0. The number of carbonyl (C=O) groups excluding carboxylic acids is 1. The minimum Gasteiger partial charge on any atom is -0.493 e. The number of aromatic nitrogens is 12. The Kier molecular flexibility index (Phi) is 12.6. The number of nitrogens with two attached hydrogens (primary N) is 2. The molecule has 5 N–H and O–H groups in total. The zero-order valence-electron chi connectivity index (χ0n) is 42.0. The minimum absolute atomic E-state index is 0.000845. The van der Waals surface area contributed by atoms with Crippen molar-refractivity contribution in [3.63, 3.8) is 0 Å². The van der Waals surface area contributed by atoms with Gasteiger partial charge in [0.1, 0.15) is 81.8 Å². The Morgan fingerprint density at radius 3 is 1.54 bits per heavy atom. The number of halogens is 2. The highest BCUT2D eigenvalue weighted by atomic mass is 19.1. The fourth-order valence-corrected chi connectivity index (χ4v) is 9.95. The number of nitrogens with zero attached hydrogens (tertiary/aromatic N) is 12. The number of nitrogen functional groups attached to an aromatic ring is 2. The first-order valence-electron chi connectivity index (χ1n) is 24.8. The molecule has 6 heterocycles. The Bertz CT molecular complexity index is 4050. The Balaban J connectivity index is 0.000000162. The number of benzene rings is 4. The molecule has 1 amide bonds. The molecule has 22 heteroatoms. The Labute approximate surface area is 431 Å². The van der Waals surface area contributed by atoms with Gasteiger partial charge in [0.05, 0.1) is 36.0 Å². The van der Waals surface area contributed by atoms with E-state index in [9.17, 15) is 23.2 Å². The van der Waals surface area contributed by atoms with E-state index in [1.165, 1.54) is 24.8 Å². The first-order chi connectivity index (χ1) is 36.9. The summed E-state index contributed by atoms with van der Waals surface area (Å²) in [5.74, 6) is 1.31. The van der Waals surface area contributed by atoms with E-state index in [0.29, 0.717) is 86.0 Å². The Morgan fingerprint density at radius 1 is 0.645 bits per heavy atom. The largest absolute Gasteiger partial charge is 0.493 e. The van der Waals surface area contributed by atoms with Crippen molar-refractivity contribution in [1.82, 2.24) is 63.9 Å². The first-order valence-corrected chi connectivity index (χ1v) is 24.8. The monoisotopic (exact) mass is 1030 g/mol. The maximum atomic E-state index is 14.7. The van der Waals surface area contributed by atoms with E-state index in [4.69, 9.17) is 41.1 Å². The third-order valence-electron chi connectivity index (χ3n) is 13.9. The quantitative estimate of drug-likeness (QED) is 0.0992. The number of hydrogen-bond acceptors (Lipinski definition) is 15. The minimum atomic E-state index is -0.582. The smallest absolute Gasteiger partial charge is 0.264 e. The molecule has 20 nitrogen and oxygen atoms in total. The van der Waals surface area contributed by atoms with Crippen LogP contribution in [0.3, 0.4) is 0 Å². The van der Waals surface area contributed by atoms with Crippen LogP contribution in [-0.2, 0) is 0 Å². The van der Waals surface area contributed by atoms with Gasteiger partial charge in [0.2, 0.25) is 0 Å². The number of carbonyl (C=O) groups is 1. The van der Waals surface area contributed by atoms with Crippen LogP contribution in [0.1, 0.15) is 98.5 Å². The molecule has 10 aromatic rings. The molecule has 2 saturated carbocycles. The van der Waals surface area contributed by atoms with E-state index in [2.05, 4.69) is 25.3 Å². The molecule has 0 saturated heterocycles. The SMILES string of the molecule is CCC(c1nc2cccc(F)c2c(=O)n1C1CC1)n1nc(-c2ccc(C(=O)NC)cc2)c2c(N)ncnc21.CCC(c1nc2cccc(F)c2c(=O)n1C1CC1)n1nc(-c2ccc(OC)c(OC)c2)c2c(N)ncnc21. The Morgan fingerprint density at radius 2 is 1.11 bits per heavy atom. The van der Waals surface area contributed by atoms with Crippen LogP contribution in [0.2, 0.25) is 0 Å². The fraction of sp³-hybridized carbons (Fsp3) is 0.278. The molecule has 2 atom stereocenters. The van der Waals surface area contributed by atoms with Gasteiger partial charge < -0.3 is 26.3 Å². The molecule has 2 aliphatic rings. The predicted octanol–water partition coefficient (Wildman–Crippen LogP) is 7.89. The van der Waals surface area contributed by atoms with Gasteiger partial charge in [-0.3, -0.25) is 23.5 Å². The topological polar surface area (TPSA) is 257 Å². The van der Waals surface area contributed by atoms with E-state index in [0.717, 1.165) is 36.8 Å². The molecule has 2 aliphatic carbocycles. The van der Waals surface area contributed by atoms with Crippen LogP contribution in [0.15, 0.2) is 101 Å². The second kappa shape index (κ2) is 19.6. The average molecular weight is 1030 g/mol. The lowest BCUT2D eigenvalue weighted by Crippen LogP contribution is -2.29. The summed E-state index contributed by atoms with van der Waals surface area (Å²) in [5, 5.41) is 13.6. The van der Waals surface area contributed by atoms with Crippen LogP contribution < -0.4 is 37.4 Å². The molecule has 0 radical (unpaired) electrons. The number of fused-ring (bicyclic) bond motifs is 4. The van der Waals surface area contributed by atoms with Crippen LogP contribution >= 0.6 is 0 Å². The summed E-state index contributed by atoms with van der Waals surface area (Å²) in [6.07, 6.45) is 7.15. The molecule has 12 rings (SSSR count). The molecule has 2 unspecified atom stereocenters. The fourth-order valence-electron chi connectivity index (χ4n) is 9.95. The maximum absolute atomic E-state index is 14.7. The number of amides is 1. The van der Waals surface area contributed by atoms with E-state index in [-0.39, 0.29) is 51.5 Å². The normalized spacial score (nSPS) is 14.2. The second-order valence-electron chi connectivity index (χ2n) is 18.6. The van der Waals surface area contributed by atoms with Gasteiger partial charge in [-0.2, -0.15) is 10.2 Å². The van der Waals surface area contributed by atoms with E-state index < -0.39 is 23.7 Å². The van der Waals surface area contributed by atoms with Gasteiger partial charge >= 0.3 is 0 Å². The zero-order valence-corrected chi connectivity index (χ0v) is 42.0. The molecule has 6 aromatic heterocycles. The second-order valence-corrected chi connectivity index (χ2v) is 18.6. The number of methoxy groups -OCH3 is 2. The Hall–Kier alpha value is -9.21. The number of rotatable bonds is 13. The van der Waals surface area contributed by atoms with Gasteiger partial charge in [0.15, 0.2) is 22.8 Å². The highest BCUT2D eigenvalue weighted by molar-refractivity contribution is 6.00. The maximum Gasteiger partial charge on any atom is 0.264 e. The van der Waals surface area contributed by atoms with Gasteiger partial charge in [0.25, 0.3) is 17.0 Å². The summed E-state index contributed by atoms with van der Waals surface area (Å²) in [4.78, 5) is 66.1. The molecule has 0 spiro atoms. The van der Waals surface area contributed by atoms with Crippen molar-refractivity contribution in [1.29, 1.82) is 0 Å². The summed E-state index contributed by atoms with van der Waals surface area (Å²) in [6.45, 7) is 3.96. The van der Waals surface area contributed by atoms with Crippen molar-refractivity contribution in [2.75, 3.05) is 32.7 Å². The first kappa shape index (κ1) is 49.0. The van der Waals surface area contributed by atoms with Gasteiger partial charge in [-0.05, 0) is 93.1 Å². The molecule has 76 heavy (non-hydrogen) atoms. The molecule has 0 bridgehead atoms. The number of nitrogens with one attached hydrogen (secondary N) is 1. The highest BCUT2D eigenvalue weighted by Gasteiger charge is 2.36. The lowest BCUT2D eigenvalue weighted by Gasteiger charge is -2.21. The molecular formula is C54H51F2N15O5. The van der Waals surface area contributed by atoms with Crippen molar-refractivity contribution in [2.45, 2.75) is 76.5 Å². The van der Waals surface area contributed by atoms with Crippen molar-refractivity contribution in [3.05, 3.63) is 141 Å². The van der Waals surface area contributed by atoms with Crippen LogP contribution in [0, 0.1) is 11.6 Å². The number of ether oxygens (including phenoxy) is 2. The molecule has 0 aliphatic heterocycles. The highest BCUT2D eigenvalue weighted by Crippen LogP contribution is 2.42. The van der Waals surface area contributed by atoms with E-state index in [1.54, 1.807) is 94.4 Å². The third-order valence-corrected chi connectivity index (χ3v) is 13.9. The van der Waals surface area contributed by atoms with Crippen LogP contribution in [0.25, 0.3) is 66.4 Å². The van der Waals surface area contributed by atoms with Crippen molar-refractivity contribution < 1.29 is 23.0 Å². The zero-order chi connectivity index (χ0) is 53.1. The summed E-state index contributed by atoms with van der Waals surface area (Å²) in [7, 11) is 4.71. The lowest BCUT2D eigenvalue weighted by molar-refractivity contribution is 0.0963. The molecule has 4 aromatic carbocycles. The average Bonchev–Trinajstić information content (AvgIpc) is 4.45. The van der Waals surface area contributed by atoms with Gasteiger partial charge in [-0.1, -0.05) is 38.1 Å². The van der Waals surface area contributed by atoms with Gasteiger partial charge in [-0.15, -0.1) is 0 Å². The summed E-state index contributed by atoms with van der Waals surface area (Å²) in [5.41, 5.74) is 16.6. The van der Waals surface area contributed by atoms with E-state index in [1.807, 2.05) is 26.0 Å². The lowest BCUT2D eigenvalue weighted by atomic mass is 10.1. The van der Waals surface area contributed by atoms with Crippen molar-refractivity contribution >= 4 is 61.4 Å². The van der Waals surface area contributed by atoms with Crippen LogP contribution in [0.5, 0.6) is 11.5 Å². The van der Waals surface area contributed by atoms with Crippen LogP contribution in [0.4, 0.5) is 20.4 Å². The van der Waals surface area contributed by atoms with Gasteiger partial charge in [0, 0.05) is 35.8 Å². The molecule has 2 fully saturated rings. The third kappa shape index (κ3) is 8.34. The number of hydrogen-bond donors (Lipinski definition) is 3. The number of anilines is 2. The predicted molar refractivity (Wildman–Crippen MR) is 282 cm³/mol. The summed E-state index contributed by atoms with van der Waals surface area (Å²) >= 11 is 0. The van der Waals surface area contributed by atoms with E-state index >= 15 is 0 Å². The van der Waals surface area contributed by atoms with Crippen molar-refractivity contribution in [2.24, 2.45) is 0 Å².